The molecule has 0 amide bonds. The van der Waals surface area contributed by atoms with Crippen molar-refractivity contribution in [2.45, 2.75) is 0 Å². The standard InChI is InChI=1S/C13H9N3O3/c1-19-10-4-2-3-8-11(10)15-13-9(12(8)17)5-7(6-14)16(13)18/h2-5,18H,1H3,(H,15,17). The van der Waals surface area contributed by atoms with Crippen LogP contribution >= 0.6 is 0 Å². The van der Waals surface area contributed by atoms with Gasteiger partial charge in [0.1, 0.15) is 11.8 Å². The predicted octanol–water partition coefficient (Wildman–Crippen LogP) is 1.60. The second kappa shape index (κ2) is 3.78. The minimum atomic E-state index is -0.257. The number of ether oxygens (including phenoxy) is 1. The Bertz CT molecular complexity index is 899. The van der Waals surface area contributed by atoms with Crippen LogP contribution in [0.5, 0.6) is 5.75 Å². The van der Waals surface area contributed by atoms with Crippen LogP contribution in [0.15, 0.2) is 29.1 Å². The molecule has 0 aliphatic rings. The SMILES string of the molecule is COc1cccc2c(=O)c3cc(C#N)n(O)c3[nH]c12. The van der Waals surface area contributed by atoms with Crippen molar-refractivity contribution in [1.82, 2.24) is 9.71 Å². The molecule has 0 atom stereocenters. The number of para-hydroxylation sites is 1. The fraction of sp³-hybridized carbons (Fsp3) is 0.0769. The molecule has 2 aromatic heterocycles. The summed E-state index contributed by atoms with van der Waals surface area (Å²) in [4.78, 5) is 15.3. The summed E-state index contributed by atoms with van der Waals surface area (Å²) in [7, 11) is 1.50. The van der Waals surface area contributed by atoms with Crippen molar-refractivity contribution in [1.29, 1.82) is 5.26 Å². The molecule has 1 aromatic carbocycles. The molecule has 0 fully saturated rings. The van der Waals surface area contributed by atoms with E-state index >= 15 is 0 Å². The second-order valence-corrected chi connectivity index (χ2v) is 4.05. The van der Waals surface area contributed by atoms with Crippen LogP contribution in [0.4, 0.5) is 0 Å². The quantitative estimate of drug-likeness (QED) is 0.646. The smallest absolute Gasteiger partial charge is 0.199 e. The minimum Gasteiger partial charge on any atom is -0.495 e. The van der Waals surface area contributed by atoms with E-state index in [2.05, 4.69) is 4.98 Å². The molecule has 0 unspecified atom stereocenters. The number of aromatic amines is 1. The van der Waals surface area contributed by atoms with Crippen LogP contribution < -0.4 is 10.2 Å². The number of fused-ring (bicyclic) bond motifs is 2. The molecule has 3 aromatic rings. The summed E-state index contributed by atoms with van der Waals surface area (Å²) in [6.45, 7) is 0. The second-order valence-electron chi connectivity index (χ2n) is 4.05. The van der Waals surface area contributed by atoms with Gasteiger partial charge in [-0.3, -0.25) is 4.79 Å². The molecule has 2 heterocycles. The summed E-state index contributed by atoms with van der Waals surface area (Å²) >= 11 is 0. The molecule has 6 nitrogen and oxygen atoms in total. The molecule has 19 heavy (non-hydrogen) atoms. The lowest BCUT2D eigenvalue weighted by Crippen LogP contribution is -2.05. The summed E-state index contributed by atoms with van der Waals surface area (Å²) in [5, 5.41) is 19.4. The average molecular weight is 255 g/mol. The molecule has 0 aliphatic heterocycles. The number of pyridine rings is 1. The van der Waals surface area contributed by atoms with Gasteiger partial charge in [-0.2, -0.15) is 9.99 Å². The van der Waals surface area contributed by atoms with Gasteiger partial charge in [0.15, 0.2) is 16.8 Å². The summed E-state index contributed by atoms with van der Waals surface area (Å²) in [6, 6.07) is 8.26. The van der Waals surface area contributed by atoms with Crippen molar-refractivity contribution < 1.29 is 9.94 Å². The molecule has 3 rings (SSSR count). The Labute approximate surface area is 107 Å². The highest BCUT2D eigenvalue weighted by Crippen LogP contribution is 2.24. The van der Waals surface area contributed by atoms with Crippen LogP contribution in [-0.4, -0.2) is 22.0 Å². The number of nitrogens with zero attached hydrogens (tertiary/aromatic N) is 2. The highest BCUT2D eigenvalue weighted by Gasteiger charge is 2.15. The van der Waals surface area contributed by atoms with E-state index in [4.69, 9.17) is 10.00 Å². The Morgan fingerprint density at radius 1 is 1.42 bits per heavy atom. The van der Waals surface area contributed by atoms with Gasteiger partial charge in [0, 0.05) is 0 Å². The Kier molecular flexibility index (Phi) is 2.22. The number of methoxy groups -OCH3 is 1. The highest BCUT2D eigenvalue weighted by molar-refractivity contribution is 5.94. The molecule has 2 N–H and O–H groups in total. The first-order chi connectivity index (χ1) is 9.17. The first-order valence-electron chi connectivity index (χ1n) is 5.51. The van der Waals surface area contributed by atoms with Crippen LogP contribution in [0.3, 0.4) is 0 Å². The Morgan fingerprint density at radius 3 is 2.89 bits per heavy atom. The van der Waals surface area contributed by atoms with E-state index in [1.54, 1.807) is 18.2 Å². The first-order valence-corrected chi connectivity index (χ1v) is 5.51. The lowest BCUT2D eigenvalue weighted by Gasteiger charge is -2.05. The van der Waals surface area contributed by atoms with Crippen LogP contribution in [0.25, 0.3) is 21.9 Å². The summed E-state index contributed by atoms with van der Waals surface area (Å²) < 4.78 is 5.85. The predicted molar refractivity (Wildman–Crippen MR) is 68.5 cm³/mol. The maximum absolute atomic E-state index is 12.3. The molecule has 0 aliphatic carbocycles. The minimum absolute atomic E-state index is 0.00220. The lowest BCUT2D eigenvalue weighted by atomic mass is 10.1. The van der Waals surface area contributed by atoms with Crippen molar-refractivity contribution in [3.8, 4) is 11.8 Å². The molecule has 0 spiro atoms. The number of hydrogen-bond donors (Lipinski definition) is 2. The van der Waals surface area contributed by atoms with E-state index in [9.17, 15) is 10.0 Å². The molecular formula is C13H9N3O3. The van der Waals surface area contributed by atoms with Crippen molar-refractivity contribution in [2.24, 2.45) is 0 Å². The maximum atomic E-state index is 12.3. The number of rotatable bonds is 1. The van der Waals surface area contributed by atoms with Gasteiger partial charge >= 0.3 is 0 Å². The van der Waals surface area contributed by atoms with Gasteiger partial charge in [0.05, 0.1) is 23.4 Å². The monoisotopic (exact) mass is 255 g/mol. The molecule has 94 valence electrons. The number of nitrogens with one attached hydrogen (secondary N) is 1. The zero-order valence-electron chi connectivity index (χ0n) is 9.97. The molecular weight excluding hydrogens is 246 g/mol. The van der Waals surface area contributed by atoms with Crippen molar-refractivity contribution in [3.63, 3.8) is 0 Å². The summed E-state index contributed by atoms with van der Waals surface area (Å²) in [6.07, 6.45) is 0. The highest BCUT2D eigenvalue weighted by atomic mass is 16.5. The van der Waals surface area contributed by atoms with Crippen molar-refractivity contribution >= 4 is 21.9 Å². The van der Waals surface area contributed by atoms with E-state index in [1.807, 2.05) is 6.07 Å². The number of aromatic nitrogens is 2. The fourth-order valence-corrected chi connectivity index (χ4v) is 2.16. The third-order valence-electron chi connectivity index (χ3n) is 3.07. The largest absolute Gasteiger partial charge is 0.495 e. The topological polar surface area (TPSA) is 91.0 Å². The van der Waals surface area contributed by atoms with E-state index in [0.29, 0.717) is 21.4 Å². The van der Waals surface area contributed by atoms with Gasteiger partial charge in [-0.1, -0.05) is 6.07 Å². The van der Waals surface area contributed by atoms with Gasteiger partial charge in [-0.25, -0.2) is 0 Å². The summed E-state index contributed by atoms with van der Waals surface area (Å²) in [5.74, 6) is 0.496. The average Bonchev–Trinajstić information content (AvgIpc) is 2.76. The third kappa shape index (κ3) is 1.39. The molecule has 0 bridgehead atoms. The van der Waals surface area contributed by atoms with E-state index < -0.39 is 0 Å². The fourth-order valence-electron chi connectivity index (χ4n) is 2.16. The van der Waals surface area contributed by atoms with Gasteiger partial charge in [0.2, 0.25) is 0 Å². The van der Waals surface area contributed by atoms with Gasteiger partial charge in [-0.05, 0) is 18.2 Å². The van der Waals surface area contributed by atoms with E-state index in [-0.39, 0.29) is 22.2 Å². The Hall–Kier alpha value is -2.94. The Balaban J connectivity index is 2.59. The lowest BCUT2D eigenvalue weighted by molar-refractivity contribution is 0.195. The molecule has 0 saturated carbocycles. The van der Waals surface area contributed by atoms with Crippen molar-refractivity contribution in [2.75, 3.05) is 7.11 Å². The van der Waals surface area contributed by atoms with Crippen LogP contribution in [-0.2, 0) is 0 Å². The first kappa shape index (κ1) is 11.2. The zero-order chi connectivity index (χ0) is 13.6. The molecule has 6 heteroatoms. The zero-order valence-corrected chi connectivity index (χ0v) is 9.97. The number of H-pyrrole nitrogens is 1. The Morgan fingerprint density at radius 2 is 2.21 bits per heavy atom. The van der Waals surface area contributed by atoms with Crippen LogP contribution in [0, 0.1) is 11.3 Å². The number of hydrogen-bond acceptors (Lipinski definition) is 4. The van der Waals surface area contributed by atoms with Crippen LogP contribution in [0.2, 0.25) is 0 Å². The van der Waals surface area contributed by atoms with E-state index in [1.165, 1.54) is 13.2 Å². The van der Waals surface area contributed by atoms with E-state index in [0.717, 1.165) is 0 Å². The maximum Gasteiger partial charge on any atom is 0.199 e. The number of benzene rings is 1. The van der Waals surface area contributed by atoms with Crippen molar-refractivity contribution in [3.05, 3.63) is 40.2 Å². The summed E-state index contributed by atoms with van der Waals surface area (Å²) in [5.41, 5.74) is 0.406. The molecule has 0 radical (unpaired) electrons. The third-order valence-corrected chi connectivity index (χ3v) is 3.07. The van der Waals surface area contributed by atoms with Gasteiger partial charge in [-0.15, -0.1) is 0 Å². The van der Waals surface area contributed by atoms with Crippen LogP contribution in [0.1, 0.15) is 5.69 Å². The normalized spacial score (nSPS) is 10.7. The van der Waals surface area contributed by atoms with Gasteiger partial charge in [0.25, 0.3) is 0 Å². The van der Waals surface area contributed by atoms with Gasteiger partial charge < -0.3 is 14.9 Å². The molecule has 0 saturated heterocycles. The number of nitriles is 1.